The van der Waals surface area contributed by atoms with Gasteiger partial charge in [0, 0.05) is 29.4 Å². The molecular weight excluding hydrogens is 370 g/mol. The van der Waals surface area contributed by atoms with Gasteiger partial charge in [-0.2, -0.15) is 4.98 Å². The van der Waals surface area contributed by atoms with Crippen LogP contribution in [0.5, 0.6) is 17.6 Å². The molecule has 2 atom stereocenters. The molecule has 7 heteroatoms. The number of nitrogens with zero attached hydrogens (tertiary/aromatic N) is 3. The van der Waals surface area contributed by atoms with Crippen LogP contribution in [0.25, 0.3) is 0 Å². The Kier molecular flexibility index (Phi) is 6.23. The lowest BCUT2D eigenvalue weighted by Crippen LogP contribution is -2.49. The van der Waals surface area contributed by atoms with Gasteiger partial charge in [0.1, 0.15) is 11.7 Å². The summed E-state index contributed by atoms with van der Waals surface area (Å²) >= 11 is 0. The van der Waals surface area contributed by atoms with Gasteiger partial charge in [-0.3, -0.25) is 4.79 Å². The van der Waals surface area contributed by atoms with Gasteiger partial charge in [-0.15, -0.1) is 6.42 Å². The average Bonchev–Trinajstić information content (AvgIpc) is 2.75. The highest BCUT2D eigenvalue weighted by atomic mass is 16.5. The van der Waals surface area contributed by atoms with Gasteiger partial charge in [0.05, 0.1) is 20.8 Å². The van der Waals surface area contributed by atoms with E-state index in [0.29, 0.717) is 23.9 Å². The van der Waals surface area contributed by atoms with E-state index in [-0.39, 0.29) is 23.9 Å². The van der Waals surface area contributed by atoms with E-state index in [1.54, 1.807) is 29.3 Å². The lowest BCUT2D eigenvalue weighted by molar-refractivity contribution is 0.0368. The molecule has 0 aromatic carbocycles. The molecular formula is C22H25N3O4. The normalized spacial score (nSPS) is 18.7. The summed E-state index contributed by atoms with van der Waals surface area (Å²) in [5, 5.41) is 0. The van der Waals surface area contributed by atoms with Crippen LogP contribution in [0.4, 0.5) is 0 Å². The van der Waals surface area contributed by atoms with Crippen LogP contribution in [0.1, 0.15) is 41.3 Å². The molecule has 0 spiro atoms. The quantitative estimate of drug-likeness (QED) is 0.725. The van der Waals surface area contributed by atoms with E-state index in [4.69, 9.17) is 20.6 Å². The number of amides is 1. The third-order valence-electron chi connectivity index (χ3n) is 5.16. The molecule has 0 bridgehead atoms. The number of carbonyl (C=O) groups excluding carboxylic acids is 1. The van der Waals surface area contributed by atoms with Crippen LogP contribution in [0, 0.1) is 19.3 Å². The summed E-state index contributed by atoms with van der Waals surface area (Å²) in [6.07, 6.45) is 8.64. The van der Waals surface area contributed by atoms with Crippen molar-refractivity contribution in [2.24, 2.45) is 0 Å². The number of ether oxygens (including phenoxy) is 3. The Labute approximate surface area is 171 Å². The Morgan fingerprint density at radius 3 is 2.69 bits per heavy atom. The number of pyridine rings is 2. The molecule has 3 heterocycles. The molecule has 0 N–H and O–H groups in total. The summed E-state index contributed by atoms with van der Waals surface area (Å²) in [6, 6.07) is 5.17. The Hall–Kier alpha value is -3.27. The molecule has 152 valence electrons. The largest absolute Gasteiger partial charge is 0.481 e. The van der Waals surface area contributed by atoms with Gasteiger partial charge in [0.25, 0.3) is 5.91 Å². The summed E-state index contributed by atoms with van der Waals surface area (Å²) < 4.78 is 16.5. The first-order chi connectivity index (χ1) is 14.0. The first kappa shape index (κ1) is 20.5. The van der Waals surface area contributed by atoms with Gasteiger partial charge in [-0.05, 0) is 38.8 Å². The smallest absolute Gasteiger partial charge is 0.259 e. The van der Waals surface area contributed by atoms with Crippen LogP contribution in [-0.2, 0) is 0 Å². The molecule has 29 heavy (non-hydrogen) atoms. The maximum absolute atomic E-state index is 13.2. The number of terminal acetylenes is 1. The molecule has 3 rings (SSSR count). The van der Waals surface area contributed by atoms with Crippen LogP contribution in [0.15, 0.2) is 24.4 Å². The van der Waals surface area contributed by atoms with E-state index in [1.807, 2.05) is 13.8 Å². The van der Waals surface area contributed by atoms with Gasteiger partial charge in [0.15, 0.2) is 0 Å². The predicted molar refractivity (Wildman–Crippen MR) is 108 cm³/mol. The lowest BCUT2D eigenvalue weighted by atomic mass is 10.00. The Balaban J connectivity index is 1.80. The summed E-state index contributed by atoms with van der Waals surface area (Å²) in [4.78, 5) is 23.5. The van der Waals surface area contributed by atoms with E-state index in [9.17, 15) is 4.79 Å². The van der Waals surface area contributed by atoms with Crippen LogP contribution < -0.4 is 14.2 Å². The van der Waals surface area contributed by atoms with Crippen molar-refractivity contribution in [1.29, 1.82) is 0 Å². The standard InChI is InChI=1S/C22H25N3O4/c1-6-16-11-12-23-20(15(16)3)29-17-8-7-14(2)25(13-17)22(26)18-9-10-19(27-4)24-21(18)28-5/h1,9-12,14,17H,7-8,13H2,2-5H3. The van der Waals surface area contributed by atoms with E-state index in [2.05, 4.69) is 15.9 Å². The minimum Gasteiger partial charge on any atom is -0.481 e. The number of piperidine rings is 1. The molecule has 1 aliphatic rings. The highest BCUT2D eigenvalue weighted by Crippen LogP contribution is 2.28. The monoisotopic (exact) mass is 395 g/mol. The van der Waals surface area contributed by atoms with Crippen LogP contribution in [-0.4, -0.2) is 53.7 Å². The van der Waals surface area contributed by atoms with Gasteiger partial charge < -0.3 is 19.1 Å². The third-order valence-corrected chi connectivity index (χ3v) is 5.16. The fourth-order valence-electron chi connectivity index (χ4n) is 3.41. The zero-order valence-corrected chi connectivity index (χ0v) is 17.1. The van der Waals surface area contributed by atoms with E-state index >= 15 is 0 Å². The molecule has 1 amide bonds. The number of likely N-dealkylation sites (tertiary alicyclic amines) is 1. The molecule has 2 unspecified atom stereocenters. The first-order valence-electron chi connectivity index (χ1n) is 9.47. The van der Waals surface area contributed by atoms with Crippen molar-refractivity contribution < 1.29 is 19.0 Å². The lowest BCUT2D eigenvalue weighted by Gasteiger charge is -2.38. The summed E-state index contributed by atoms with van der Waals surface area (Å²) in [5.41, 5.74) is 1.97. The van der Waals surface area contributed by atoms with Crippen LogP contribution in [0.2, 0.25) is 0 Å². The van der Waals surface area contributed by atoms with Crippen molar-refractivity contribution >= 4 is 5.91 Å². The van der Waals surface area contributed by atoms with E-state index in [0.717, 1.165) is 24.0 Å². The number of rotatable bonds is 5. The summed E-state index contributed by atoms with van der Waals surface area (Å²) in [5.74, 6) is 3.62. The Morgan fingerprint density at radius 1 is 1.21 bits per heavy atom. The number of hydrogen-bond donors (Lipinski definition) is 0. The third kappa shape index (κ3) is 4.27. The van der Waals surface area contributed by atoms with E-state index in [1.165, 1.54) is 14.2 Å². The molecule has 0 saturated carbocycles. The zero-order valence-electron chi connectivity index (χ0n) is 17.1. The zero-order chi connectivity index (χ0) is 21.0. The van der Waals surface area contributed by atoms with Crippen molar-refractivity contribution in [3.8, 4) is 30.0 Å². The molecule has 7 nitrogen and oxygen atoms in total. The average molecular weight is 395 g/mol. The fourth-order valence-corrected chi connectivity index (χ4v) is 3.41. The van der Waals surface area contributed by atoms with Crippen molar-refractivity contribution in [1.82, 2.24) is 14.9 Å². The fraction of sp³-hybridized carbons (Fsp3) is 0.409. The van der Waals surface area contributed by atoms with Crippen LogP contribution in [0.3, 0.4) is 0 Å². The van der Waals surface area contributed by atoms with E-state index < -0.39 is 0 Å². The highest BCUT2D eigenvalue weighted by Gasteiger charge is 2.32. The molecule has 2 aromatic heterocycles. The van der Waals surface area contributed by atoms with Crippen molar-refractivity contribution in [3.05, 3.63) is 41.1 Å². The van der Waals surface area contributed by atoms with Gasteiger partial charge in [-0.1, -0.05) is 5.92 Å². The van der Waals surface area contributed by atoms with Gasteiger partial charge in [0.2, 0.25) is 17.6 Å². The molecule has 1 fully saturated rings. The van der Waals surface area contributed by atoms with Gasteiger partial charge in [-0.25, -0.2) is 4.98 Å². The Morgan fingerprint density at radius 2 is 2.00 bits per heavy atom. The van der Waals surface area contributed by atoms with Gasteiger partial charge >= 0.3 is 0 Å². The predicted octanol–water partition coefficient (Wildman–Crippen LogP) is 2.86. The van der Waals surface area contributed by atoms with Crippen molar-refractivity contribution in [2.75, 3.05) is 20.8 Å². The maximum Gasteiger partial charge on any atom is 0.259 e. The summed E-state index contributed by atoms with van der Waals surface area (Å²) in [7, 11) is 3.00. The second-order valence-corrected chi connectivity index (χ2v) is 6.97. The first-order valence-corrected chi connectivity index (χ1v) is 9.47. The highest BCUT2D eigenvalue weighted by molar-refractivity contribution is 5.96. The summed E-state index contributed by atoms with van der Waals surface area (Å²) in [6.45, 7) is 4.36. The number of hydrogen-bond acceptors (Lipinski definition) is 6. The minimum atomic E-state index is -0.174. The Bertz CT molecular complexity index is 938. The molecule has 0 radical (unpaired) electrons. The minimum absolute atomic E-state index is 0.0697. The molecule has 1 aliphatic heterocycles. The molecule has 0 aliphatic carbocycles. The van der Waals surface area contributed by atoms with Crippen molar-refractivity contribution in [2.45, 2.75) is 38.8 Å². The topological polar surface area (TPSA) is 73.8 Å². The maximum atomic E-state index is 13.2. The molecule has 2 aromatic rings. The molecule has 1 saturated heterocycles. The van der Waals surface area contributed by atoms with Crippen LogP contribution >= 0.6 is 0 Å². The number of methoxy groups -OCH3 is 2. The SMILES string of the molecule is C#Cc1ccnc(OC2CCC(C)N(C(=O)c3ccc(OC)nc3OC)C2)c1C. The number of aromatic nitrogens is 2. The van der Waals surface area contributed by atoms with Crippen molar-refractivity contribution in [3.63, 3.8) is 0 Å². The second kappa shape index (κ2) is 8.82. The number of carbonyl (C=O) groups is 1. The second-order valence-electron chi connectivity index (χ2n) is 6.97.